The molecule has 7 nitrogen and oxygen atoms in total. The number of aromatic nitrogens is 2. The molecule has 0 aliphatic carbocycles. The molecule has 0 amide bonds. The summed E-state index contributed by atoms with van der Waals surface area (Å²) >= 11 is 0. The van der Waals surface area contributed by atoms with E-state index >= 15 is 0 Å². The quantitative estimate of drug-likeness (QED) is 0.575. The predicted octanol–water partition coefficient (Wildman–Crippen LogP) is 4.65. The lowest BCUT2D eigenvalue weighted by Crippen LogP contribution is -2.36. The van der Waals surface area contributed by atoms with E-state index in [-0.39, 0.29) is 5.56 Å². The molecule has 1 fully saturated rings. The Morgan fingerprint density at radius 1 is 1.22 bits per heavy atom. The highest BCUT2D eigenvalue weighted by molar-refractivity contribution is 5.95. The van der Waals surface area contributed by atoms with Crippen LogP contribution in [-0.4, -0.2) is 42.0 Å². The molecule has 3 aromatic rings. The average Bonchev–Trinajstić information content (AvgIpc) is 2.78. The minimum atomic E-state index is -0.178. The standard InChI is InChI=1S/C25H29N5O2/c1-5-20(27-16(2)3)21-15-18-8-9-26-25(31)23(18)24(29-21)28-19-6-7-22(17(4)14-19)30-10-12-32-13-11-30/h5-9,14-15H,10-13H2,1-4H3,(H,26,31)(H,28,29)/b20-5-. The Bertz CT molecular complexity index is 1250. The van der Waals surface area contributed by atoms with Crippen LogP contribution in [0.4, 0.5) is 17.2 Å². The monoisotopic (exact) mass is 431 g/mol. The SMILES string of the molecule is C/C=C(\N=C(C)C)c1cc2cc[nH]c(=O)c2c(Nc2ccc(N3CCOCC3)c(C)c2)n1. The number of aryl methyl sites for hydroxylation is 1. The molecule has 4 rings (SSSR count). The number of hydrogen-bond donors (Lipinski definition) is 2. The Labute approximate surface area is 187 Å². The number of morpholine rings is 1. The van der Waals surface area contributed by atoms with Crippen molar-refractivity contribution in [3.8, 4) is 0 Å². The molecule has 1 aromatic carbocycles. The number of hydrogen-bond acceptors (Lipinski definition) is 6. The van der Waals surface area contributed by atoms with E-state index in [0.717, 1.165) is 60.0 Å². The summed E-state index contributed by atoms with van der Waals surface area (Å²) in [6.45, 7) is 11.2. The third-order valence-corrected chi connectivity index (χ3v) is 5.45. The van der Waals surface area contributed by atoms with Gasteiger partial charge in [0, 0.05) is 36.4 Å². The van der Waals surface area contributed by atoms with Gasteiger partial charge in [-0.05, 0) is 69.0 Å². The number of rotatable bonds is 5. The highest BCUT2D eigenvalue weighted by Gasteiger charge is 2.15. The minimum Gasteiger partial charge on any atom is -0.378 e. The van der Waals surface area contributed by atoms with Crippen LogP contribution >= 0.6 is 0 Å². The Morgan fingerprint density at radius 3 is 2.69 bits per heavy atom. The molecule has 2 aromatic heterocycles. The van der Waals surface area contributed by atoms with E-state index in [4.69, 9.17) is 9.72 Å². The summed E-state index contributed by atoms with van der Waals surface area (Å²) in [5, 5.41) is 4.72. The number of nitrogens with one attached hydrogen (secondary N) is 2. The Morgan fingerprint density at radius 2 is 2.00 bits per heavy atom. The van der Waals surface area contributed by atoms with Crippen molar-refractivity contribution in [2.75, 3.05) is 36.5 Å². The third-order valence-electron chi connectivity index (χ3n) is 5.45. The van der Waals surface area contributed by atoms with Gasteiger partial charge in [-0.25, -0.2) is 4.98 Å². The fraction of sp³-hybridized carbons (Fsp3) is 0.320. The first kappa shape index (κ1) is 21.8. The lowest BCUT2D eigenvalue weighted by molar-refractivity contribution is 0.122. The van der Waals surface area contributed by atoms with Crippen LogP contribution in [0.3, 0.4) is 0 Å². The smallest absolute Gasteiger partial charge is 0.259 e. The van der Waals surface area contributed by atoms with Gasteiger partial charge in [0.1, 0.15) is 5.82 Å². The van der Waals surface area contributed by atoms with E-state index in [0.29, 0.717) is 11.2 Å². The van der Waals surface area contributed by atoms with Crippen LogP contribution in [0.15, 0.2) is 52.4 Å². The molecule has 32 heavy (non-hydrogen) atoms. The zero-order valence-corrected chi connectivity index (χ0v) is 19.0. The second kappa shape index (κ2) is 9.36. The van der Waals surface area contributed by atoms with Gasteiger partial charge in [-0.3, -0.25) is 9.79 Å². The molecule has 1 aliphatic rings. The maximum absolute atomic E-state index is 12.6. The molecule has 1 aliphatic heterocycles. The van der Waals surface area contributed by atoms with Gasteiger partial charge < -0.3 is 19.9 Å². The van der Waals surface area contributed by atoms with Crippen molar-refractivity contribution in [3.05, 3.63) is 64.2 Å². The zero-order valence-electron chi connectivity index (χ0n) is 19.0. The predicted molar refractivity (Wildman–Crippen MR) is 132 cm³/mol. The van der Waals surface area contributed by atoms with Gasteiger partial charge in [-0.15, -0.1) is 0 Å². The molecule has 7 heteroatoms. The number of H-pyrrole nitrogens is 1. The first-order valence-corrected chi connectivity index (χ1v) is 10.9. The molecule has 0 unspecified atom stereocenters. The molecule has 2 N–H and O–H groups in total. The van der Waals surface area contributed by atoms with Crippen LogP contribution in [0.5, 0.6) is 0 Å². The van der Waals surface area contributed by atoms with E-state index in [1.807, 2.05) is 45.0 Å². The van der Waals surface area contributed by atoms with Gasteiger partial charge in [0.2, 0.25) is 0 Å². The van der Waals surface area contributed by atoms with E-state index in [2.05, 4.69) is 39.2 Å². The number of benzene rings is 1. The second-order valence-electron chi connectivity index (χ2n) is 8.09. The molecule has 0 spiro atoms. The third kappa shape index (κ3) is 4.57. The van der Waals surface area contributed by atoms with Crippen molar-refractivity contribution in [2.45, 2.75) is 27.7 Å². The van der Waals surface area contributed by atoms with E-state index < -0.39 is 0 Å². The topological polar surface area (TPSA) is 82.6 Å². The lowest BCUT2D eigenvalue weighted by atomic mass is 10.1. The second-order valence-corrected chi connectivity index (χ2v) is 8.09. The Kier molecular flexibility index (Phi) is 6.37. The molecular weight excluding hydrogens is 402 g/mol. The van der Waals surface area contributed by atoms with Crippen LogP contribution in [0.25, 0.3) is 16.5 Å². The minimum absolute atomic E-state index is 0.178. The maximum Gasteiger partial charge on any atom is 0.259 e. The molecule has 0 bridgehead atoms. The summed E-state index contributed by atoms with van der Waals surface area (Å²) in [6, 6.07) is 10.0. The number of allylic oxidation sites excluding steroid dienone is 1. The summed E-state index contributed by atoms with van der Waals surface area (Å²) < 4.78 is 5.47. The lowest BCUT2D eigenvalue weighted by Gasteiger charge is -2.30. The number of nitrogens with zero attached hydrogens (tertiary/aromatic N) is 3. The van der Waals surface area contributed by atoms with Gasteiger partial charge in [0.25, 0.3) is 5.56 Å². The number of pyridine rings is 2. The molecule has 0 radical (unpaired) electrons. The fourth-order valence-corrected chi connectivity index (χ4v) is 3.98. The van der Waals surface area contributed by atoms with Crippen LogP contribution < -0.4 is 15.8 Å². The summed E-state index contributed by atoms with van der Waals surface area (Å²) in [7, 11) is 0. The average molecular weight is 432 g/mol. The Hall–Kier alpha value is -3.45. The van der Waals surface area contributed by atoms with Gasteiger partial charge in [0.15, 0.2) is 0 Å². The Balaban J connectivity index is 1.76. The summed E-state index contributed by atoms with van der Waals surface area (Å²) in [5.74, 6) is 0.515. The molecular formula is C25H29N5O2. The van der Waals surface area contributed by atoms with Gasteiger partial charge in [-0.2, -0.15) is 0 Å². The maximum atomic E-state index is 12.6. The van der Waals surface area contributed by atoms with E-state index in [1.165, 1.54) is 5.69 Å². The fourth-order valence-electron chi connectivity index (χ4n) is 3.98. The van der Waals surface area contributed by atoms with Crippen molar-refractivity contribution >= 4 is 39.4 Å². The van der Waals surface area contributed by atoms with Gasteiger partial charge in [-0.1, -0.05) is 6.08 Å². The van der Waals surface area contributed by atoms with Gasteiger partial charge >= 0.3 is 0 Å². The van der Waals surface area contributed by atoms with Crippen molar-refractivity contribution in [2.24, 2.45) is 4.99 Å². The molecule has 1 saturated heterocycles. The number of fused-ring (bicyclic) bond motifs is 1. The molecule has 0 saturated carbocycles. The number of ether oxygens (including phenoxy) is 1. The molecule has 3 heterocycles. The highest BCUT2D eigenvalue weighted by atomic mass is 16.5. The summed E-state index contributed by atoms with van der Waals surface area (Å²) in [6.07, 6.45) is 3.59. The van der Waals surface area contributed by atoms with Crippen molar-refractivity contribution in [3.63, 3.8) is 0 Å². The van der Waals surface area contributed by atoms with Crippen molar-refractivity contribution in [1.82, 2.24) is 9.97 Å². The first-order chi connectivity index (χ1) is 15.5. The van der Waals surface area contributed by atoms with Crippen molar-refractivity contribution < 1.29 is 4.74 Å². The van der Waals surface area contributed by atoms with Crippen LogP contribution in [-0.2, 0) is 4.74 Å². The zero-order chi connectivity index (χ0) is 22.7. The van der Waals surface area contributed by atoms with E-state index in [1.54, 1.807) is 6.20 Å². The normalized spacial score (nSPS) is 14.5. The largest absolute Gasteiger partial charge is 0.378 e. The number of anilines is 3. The first-order valence-electron chi connectivity index (χ1n) is 10.9. The summed E-state index contributed by atoms with van der Waals surface area (Å²) in [5.41, 5.74) is 5.49. The van der Waals surface area contributed by atoms with Crippen molar-refractivity contribution in [1.29, 1.82) is 0 Å². The van der Waals surface area contributed by atoms with E-state index in [9.17, 15) is 4.79 Å². The van der Waals surface area contributed by atoms with Crippen LogP contribution in [0.1, 0.15) is 32.0 Å². The molecule has 0 atom stereocenters. The van der Waals surface area contributed by atoms with Crippen LogP contribution in [0, 0.1) is 6.92 Å². The van der Waals surface area contributed by atoms with Crippen LogP contribution in [0.2, 0.25) is 0 Å². The highest BCUT2D eigenvalue weighted by Crippen LogP contribution is 2.29. The molecule has 166 valence electrons. The van der Waals surface area contributed by atoms with Gasteiger partial charge in [0.05, 0.1) is 30.0 Å². The number of aromatic amines is 1. The number of aliphatic imine (C=N–C) groups is 1. The summed E-state index contributed by atoms with van der Waals surface area (Å²) in [4.78, 5) is 27.1.